The number of thiazole rings is 1. The predicted octanol–water partition coefficient (Wildman–Crippen LogP) is 2.33. The first-order chi connectivity index (χ1) is 8.08. The summed E-state index contributed by atoms with van der Waals surface area (Å²) in [6.45, 7) is 3.99. The van der Waals surface area contributed by atoms with E-state index in [1.165, 1.54) is 18.4 Å². The van der Waals surface area contributed by atoms with Gasteiger partial charge >= 0.3 is 0 Å². The summed E-state index contributed by atoms with van der Waals surface area (Å²) in [5.74, 6) is -0.172. The van der Waals surface area contributed by atoms with Gasteiger partial charge in [0.25, 0.3) is 0 Å². The number of nitrogens with one attached hydrogen (secondary N) is 1. The van der Waals surface area contributed by atoms with Gasteiger partial charge in [0.2, 0.25) is 5.91 Å². The van der Waals surface area contributed by atoms with Crippen LogP contribution in [-0.4, -0.2) is 29.6 Å². The summed E-state index contributed by atoms with van der Waals surface area (Å²) in [4.78, 5) is 20.1. The van der Waals surface area contributed by atoms with E-state index in [1.807, 2.05) is 19.2 Å². The first-order valence-corrected chi connectivity index (χ1v) is 6.42. The molecule has 1 amide bonds. The third-order valence-corrected chi connectivity index (χ3v) is 2.87. The van der Waals surface area contributed by atoms with Crippen LogP contribution in [0.15, 0.2) is 10.5 Å². The van der Waals surface area contributed by atoms with E-state index in [0.717, 1.165) is 5.71 Å². The van der Waals surface area contributed by atoms with Gasteiger partial charge in [0.15, 0.2) is 5.13 Å². The highest BCUT2D eigenvalue weighted by Crippen LogP contribution is 2.18. The molecular weight excluding hydrogens is 262 g/mol. The molecule has 0 saturated heterocycles. The number of anilines is 1. The van der Waals surface area contributed by atoms with E-state index in [-0.39, 0.29) is 17.7 Å². The van der Waals surface area contributed by atoms with Crippen molar-refractivity contribution in [3.63, 3.8) is 0 Å². The normalized spacial score (nSPS) is 11.7. The van der Waals surface area contributed by atoms with Crippen LogP contribution in [0.25, 0.3) is 0 Å². The molecule has 94 valence electrons. The minimum Gasteiger partial charge on any atom is -0.399 e. The van der Waals surface area contributed by atoms with Gasteiger partial charge in [-0.1, -0.05) is 19.0 Å². The maximum atomic E-state index is 11.1. The summed E-state index contributed by atoms with van der Waals surface area (Å²) in [6, 6.07) is 0. The van der Waals surface area contributed by atoms with E-state index in [0.29, 0.717) is 10.8 Å². The minimum atomic E-state index is -0.276. The average molecular weight is 276 g/mol. The lowest BCUT2D eigenvalue weighted by molar-refractivity contribution is -0.113. The Bertz CT molecular complexity index is 417. The summed E-state index contributed by atoms with van der Waals surface area (Å²) in [5.41, 5.74) is 1.45. The number of hydrogen-bond donors (Lipinski definition) is 1. The van der Waals surface area contributed by atoms with Crippen molar-refractivity contribution in [2.75, 3.05) is 18.3 Å². The number of carbonyl (C=O) groups excluding carboxylic acids is 1. The van der Waals surface area contributed by atoms with Gasteiger partial charge in [0, 0.05) is 11.3 Å². The standard InChI is InChI=1S/C10H14ClN3O2S/c1-6(2)9(14-16-3)7-5-17-10(12-7)13-8(15)4-11/h5-6H,4H2,1-3H3,(H,12,13,15)/b14-9+. The quantitative estimate of drug-likeness (QED) is 0.510. The molecular formula is C10H14ClN3O2S. The summed E-state index contributed by atoms with van der Waals surface area (Å²) in [6.07, 6.45) is 0. The van der Waals surface area contributed by atoms with E-state index in [1.54, 1.807) is 0 Å². The zero-order valence-corrected chi connectivity index (χ0v) is 11.4. The number of carbonyl (C=O) groups is 1. The van der Waals surface area contributed by atoms with Crippen molar-refractivity contribution in [2.45, 2.75) is 13.8 Å². The zero-order valence-electron chi connectivity index (χ0n) is 9.86. The molecule has 0 bridgehead atoms. The maximum Gasteiger partial charge on any atom is 0.241 e. The Hall–Kier alpha value is -1.14. The lowest BCUT2D eigenvalue weighted by atomic mass is 10.1. The molecule has 0 aromatic carbocycles. The summed E-state index contributed by atoms with van der Waals surface area (Å²) >= 11 is 6.72. The molecule has 7 heteroatoms. The van der Waals surface area contributed by atoms with E-state index >= 15 is 0 Å². The Morgan fingerprint density at radius 2 is 2.41 bits per heavy atom. The van der Waals surface area contributed by atoms with Crippen LogP contribution in [0, 0.1) is 5.92 Å². The van der Waals surface area contributed by atoms with Crippen molar-refractivity contribution in [3.8, 4) is 0 Å². The molecule has 0 fully saturated rings. The van der Waals surface area contributed by atoms with Gasteiger partial charge in [-0.2, -0.15) is 0 Å². The molecule has 1 N–H and O–H groups in total. The van der Waals surface area contributed by atoms with Gasteiger partial charge in [-0.3, -0.25) is 4.79 Å². The fourth-order valence-corrected chi connectivity index (χ4v) is 1.94. The van der Waals surface area contributed by atoms with Crippen LogP contribution >= 0.6 is 22.9 Å². The van der Waals surface area contributed by atoms with Crippen LogP contribution in [0.3, 0.4) is 0 Å². The third kappa shape index (κ3) is 3.98. The van der Waals surface area contributed by atoms with Crippen LogP contribution in [0.4, 0.5) is 5.13 Å². The molecule has 17 heavy (non-hydrogen) atoms. The molecule has 0 radical (unpaired) electrons. The van der Waals surface area contributed by atoms with Gasteiger partial charge in [-0.05, 0) is 0 Å². The monoisotopic (exact) mass is 275 g/mol. The largest absolute Gasteiger partial charge is 0.399 e. The van der Waals surface area contributed by atoms with E-state index in [4.69, 9.17) is 16.4 Å². The molecule has 1 aromatic heterocycles. The first kappa shape index (κ1) is 13.9. The van der Waals surface area contributed by atoms with Crippen molar-refractivity contribution >= 4 is 39.7 Å². The highest BCUT2D eigenvalue weighted by molar-refractivity contribution is 7.14. The highest BCUT2D eigenvalue weighted by atomic mass is 35.5. The molecule has 0 aliphatic rings. The molecule has 0 unspecified atom stereocenters. The number of alkyl halides is 1. The Kier molecular flexibility index (Phi) is 5.37. The molecule has 0 aliphatic heterocycles. The van der Waals surface area contributed by atoms with Crippen LogP contribution in [0.2, 0.25) is 0 Å². The molecule has 0 spiro atoms. The van der Waals surface area contributed by atoms with Crippen LogP contribution in [0.1, 0.15) is 19.5 Å². The SMILES string of the molecule is CO/N=C(/c1csc(NC(=O)CCl)n1)C(C)C. The Morgan fingerprint density at radius 1 is 1.71 bits per heavy atom. The van der Waals surface area contributed by atoms with Crippen molar-refractivity contribution in [1.29, 1.82) is 0 Å². The smallest absolute Gasteiger partial charge is 0.241 e. The van der Waals surface area contributed by atoms with Crippen molar-refractivity contribution in [2.24, 2.45) is 11.1 Å². The lowest BCUT2D eigenvalue weighted by Gasteiger charge is -2.05. The number of amides is 1. The number of hydrogen-bond acceptors (Lipinski definition) is 5. The van der Waals surface area contributed by atoms with Crippen molar-refractivity contribution < 1.29 is 9.63 Å². The summed E-state index contributed by atoms with van der Waals surface area (Å²) in [7, 11) is 1.49. The second-order valence-corrected chi connectivity index (χ2v) is 4.66. The maximum absolute atomic E-state index is 11.1. The van der Waals surface area contributed by atoms with E-state index in [9.17, 15) is 4.79 Å². The Morgan fingerprint density at radius 3 is 2.94 bits per heavy atom. The van der Waals surface area contributed by atoms with E-state index in [2.05, 4.69) is 15.5 Å². The summed E-state index contributed by atoms with van der Waals surface area (Å²) < 4.78 is 0. The molecule has 5 nitrogen and oxygen atoms in total. The van der Waals surface area contributed by atoms with Gasteiger partial charge in [0.1, 0.15) is 24.4 Å². The van der Waals surface area contributed by atoms with Crippen LogP contribution < -0.4 is 5.32 Å². The Balaban J connectivity index is 2.85. The summed E-state index contributed by atoms with van der Waals surface area (Å²) in [5, 5.41) is 8.85. The lowest BCUT2D eigenvalue weighted by Crippen LogP contribution is -2.14. The second-order valence-electron chi connectivity index (χ2n) is 3.53. The van der Waals surface area contributed by atoms with Crippen molar-refractivity contribution in [1.82, 2.24) is 4.98 Å². The first-order valence-electron chi connectivity index (χ1n) is 5.01. The van der Waals surface area contributed by atoms with Crippen LogP contribution in [-0.2, 0) is 9.63 Å². The number of aromatic nitrogens is 1. The zero-order chi connectivity index (χ0) is 12.8. The molecule has 0 saturated carbocycles. The molecule has 1 heterocycles. The topological polar surface area (TPSA) is 63.6 Å². The molecule has 1 aromatic rings. The third-order valence-electron chi connectivity index (χ3n) is 1.87. The average Bonchev–Trinajstić information content (AvgIpc) is 2.73. The highest BCUT2D eigenvalue weighted by Gasteiger charge is 2.14. The number of nitrogens with zero attached hydrogens (tertiary/aromatic N) is 2. The minimum absolute atomic E-state index is 0.0852. The molecule has 0 aliphatic carbocycles. The molecule has 1 rings (SSSR count). The second kappa shape index (κ2) is 6.56. The molecule has 0 atom stereocenters. The number of halogens is 1. The Labute approximate surface area is 109 Å². The van der Waals surface area contributed by atoms with Gasteiger partial charge < -0.3 is 10.2 Å². The number of oxime groups is 1. The fraction of sp³-hybridized carbons (Fsp3) is 0.500. The van der Waals surface area contributed by atoms with Gasteiger partial charge in [-0.25, -0.2) is 4.98 Å². The van der Waals surface area contributed by atoms with E-state index < -0.39 is 0 Å². The van der Waals surface area contributed by atoms with Gasteiger partial charge in [-0.15, -0.1) is 22.9 Å². The van der Waals surface area contributed by atoms with Crippen molar-refractivity contribution in [3.05, 3.63) is 11.1 Å². The van der Waals surface area contributed by atoms with Gasteiger partial charge in [0.05, 0.1) is 0 Å². The van der Waals surface area contributed by atoms with Crippen LogP contribution in [0.5, 0.6) is 0 Å². The predicted molar refractivity (Wildman–Crippen MR) is 69.8 cm³/mol. The number of rotatable bonds is 5. The fourth-order valence-electron chi connectivity index (χ4n) is 1.15.